The highest BCUT2D eigenvalue weighted by Crippen LogP contribution is 2.40. The number of fused-ring (bicyclic) bond motifs is 1. The van der Waals surface area contributed by atoms with Crippen molar-refractivity contribution >= 4 is 17.1 Å². The Bertz CT molecular complexity index is 768. The van der Waals surface area contributed by atoms with Gasteiger partial charge in [0.05, 0.1) is 31.4 Å². The minimum absolute atomic E-state index is 0.0720. The van der Waals surface area contributed by atoms with Crippen LogP contribution < -0.4 is 11.3 Å². The molecule has 1 aliphatic rings. The van der Waals surface area contributed by atoms with Crippen molar-refractivity contribution < 1.29 is 14.6 Å². The first-order valence-corrected chi connectivity index (χ1v) is 6.38. The Morgan fingerprint density at radius 1 is 1.62 bits per heavy atom. The van der Waals surface area contributed by atoms with Crippen molar-refractivity contribution in [1.82, 2.24) is 19.5 Å². The number of nitrogen functional groups attached to an aromatic ring is 1. The number of aliphatic hydroxyl groups excluding tert-OH is 2. The molecule has 5 N–H and O–H groups in total. The summed E-state index contributed by atoms with van der Waals surface area (Å²) in [6.45, 7) is -0.365. The lowest BCUT2D eigenvalue weighted by atomic mass is 10.0. The van der Waals surface area contributed by atoms with Gasteiger partial charge in [0.25, 0.3) is 5.56 Å². The number of rotatable bonds is 2. The van der Waals surface area contributed by atoms with E-state index >= 15 is 0 Å². The van der Waals surface area contributed by atoms with Crippen molar-refractivity contribution in [2.75, 3.05) is 12.3 Å². The number of aromatic nitrogens is 4. The maximum atomic E-state index is 13.2. The van der Waals surface area contributed by atoms with Crippen LogP contribution in [0.4, 0.5) is 10.3 Å². The first kappa shape index (κ1) is 13.7. The van der Waals surface area contributed by atoms with Crippen LogP contribution in [0.15, 0.2) is 23.0 Å². The smallest absolute Gasteiger partial charge is 0.280 e. The number of nitrogens with one attached hydrogen (secondary N) is 1. The highest BCUT2D eigenvalue weighted by Gasteiger charge is 2.39. The molecule has 9 heteroatoms. The molecule has 0 aliphatic heterocycles. The first-order valence-electron chi connectivity index (χ1n) is 6.38. The quantitative estimate of drug-likeness (QED) is 0.589. The Labute approximate surface area is 117 Å². The molecule has 0 aromatic carbocycles. The van der Waals surface area contributed by atoms with Crippen molar-refractivity contribution in [3.05, 3.63) is 28.6 Å². The maximum Gasteiger partial charge on any atom is 0.280 e. The van der Waals surface area contributed by atoms with Gasteiger partial charge in [0.1, 0.15) is 0 Å². The second-order valence-electron chi connectivity index (χ2n) is 4.99. The average molecular weight is 295 g/mol. The summed E-state index contributed by atoms with van der Waals surface area (Å²) in [6.07, 6.45) is 1.05. The van der Waals surface area contributed by atoms with Crippen LogP contribution in [0.1, 0.15) is 12.5 Å². The number of nitrogens with zero attached hydrogens (tertiary/aromatic N) is 3. The second-order valence-corrected chi connectivity index (χ2v) is 4.99. The predicted molar refractivity (Wildman–Crippen MR) is 72.0 cm³/mol. The zero-order chi connectivity index (χ0) is 15.1. The van der Waals surface area contributed by atoms with Gasteiger partial charge in [0.15, 0.2) is 11.2 Å². The molecule has 0 spiro atoms. The fourth-order valence-corrected chi connectivity index (χ4v) is 2.82. The van der Waals surface area contributed by atoms with Gasteiger partial charge in [-0.15, -0.1) is 0 Å². The Morgan fingerprint density at radius 3 is 3.05 bits per heavy atom. The van der Waals surface area contributed by atoms with Crippen LogP contribution >= 0.6 is 0 Å². The molecule has 2 aromatic heterocycles. The monoisotopic (exact) mass is 295 g/mol. The van der Waals surface area contributed by atoms with Crippen LogP contribution in [0.3, 0.4) is 0 Å². The summed E-state index contributed by atoms with van der Waals surface area (Å²) in [5.41, 5.74) is 5.57. The van der Waals surface area contributed by atoms with Gasteiger partial charge in [0.2, 0.25) is 5.95 Å². The summed E-state index contributed by atoms with van der Waals surface area (Å²) in [7, 11) is 0. The van der Waals surface area contributed by atoms with E-state index in [2.05, 4.69) is 15.0 Å². The molecule has 2 aromatic rings. The Balaban J connectivity index is 2.15. The Hall–Kier alpha value is -2.26. The molecule has 3 rings (SSSR count). The molecule has 8 nitrogen and oxygen atoms in total. The molecule has 0 unspecified atom stereocenters. The number of hydrogen-bond donors (Lipinski definition) is 4. The number of H-pyrrole nitrogens is 1. The van der Waals surface area contributed by atoms with Gasteiger partial charge < -0.3 is 20.5 Å². The molecule has 0 radical (unpaired) electrons. The molecule has 1 saturated carbocycles. The summed E-state index contributed by atoms with van der Waals surface area (Å²) >= 11 is 0. The van der Waals surface area contributed by atoms with E-state index in [1.807, 2.05) is 0 Å². The Morgan fingerprint density at radius 2 is 2.38 bits per heavy atom. The molecule has 112 valence electrons. The van der Waals surface area contributed by atoms with E-state index in [0.29, 0.717) is 6.33 Å². The van der Waals surface area contributed by atoms with E-state index in [9.17, 15) is 19.4 Å². The fourth-order valence-electron chi connectivity index (χ4n) is 2.82. The Kier molecular flexibility index (Phi) is 3.22. The van der Waals surface area contributed by atoms with Crippen molar-refractivity contribution in [3.8, 4) is 0 Å². The van der Waals surface area contributed by atoms with Crippen LogP contribution in [0.5, 0.6) is 0 Å². The molecule has 3 atom stereocenters. The van der Waals surface area contributed by atoms with E-state index in [-0.39, 0.29) is 35.7 Å². The van der Waals surface area contributed by atoms with Crippen LogP contribution in [0.2, 0.25) is 0 Å². The normalized spacial score (nSPS) is 27.8. The van der Waals surface area contributed by atoms with Gasteiger partial charge in [0, 0.05) is 5.92 Å². The summed E-state index contributed by atoms with van der Waals surface area (Å²) in [6, 6.07) is -0.569. The van der Waals surface area contributed by atoms with E-state index in [0.717, 1.165) is 0 Å². The second kappa shape index (κ2) is 4.93. The van der Waals surface area contributed by atoms with Crippen LogP contribution in [-0.2, 0) is 0 Å². The van der Waals surface area contributed by atoms with E-state index in [4.69, 9.17) is 5.73 Å². The third-order valence-electron chi connectivity index (χ3n) is 3.85. The van der Waals surface area contributed by atoms with Crippen LogP contribution in [0.25, 0.3) is 11.2 Å². The minimum atomic E-state index is -0.876. The van der Waals surface area contributed by atoms with Gasteiger partial charge in [-0.2, -0.15) is 4.98 Å². The van der Waals surface area contributed by atoms with Crippen molar-refractivity contribution in [1.29, 1.82) is 0 Å². The van der Waals surface area contributed by atoms with E-state index in [1.54, 1.807) is 0 Å². The highest BCUT2D eigenvalue weighted by atomic mass is 19.1. The lowest BCUT2D eigenvalue weighted by molar-refractivity contribution is 0.101. The van der Waals surface area contributed by atoms with Gasteiger partial charge in [-0.3, -0.25) is 9.78 Å². The molecule has 1 fully saturated rings. The topological polar surface area (TPSA) is 130 Å². The highest BCUT2D eigenvalue weighted by molar-refractivity contribution is 5.71. The number of anilines is 1. The van der Waals surface area contributed by atoms with Crippen molar-refractivity contribution in [2.45, 2.75) is 18.6 Å². The third kappa shape index (κ3) is 2.01. The van der Waals surface area contributed by atoms with Crippen LogP contribution in [0, 0.1) is 5.92 Å². The SMILES string of the molecule is Nc1nc2c(ncn2[C@H]2C[C@H](O)[C@@H](CO)/C2=C/F)c(=O)[nH]1. The molecular weight excluding hydrogens is 281 g/mol. The molecule has 0 amide bonds. The average Bonchev–Trinajstić information content (AvgIpc) is 2.98. The molecule has 1 aliphatic carbocycles. The van der Waals surface area contributed by atoms with Crippen molar-refractivity contribution in [3.63, 3.8) is 0 Å². The van der Waals surface area contributed by atoms with Gasteiger partial charge >= 0.3 is 0 Å². The molecule has 2 heterocycles. The van der Waals surface area contributed by atoms with Crippen molar-refractivity contribution in [2.24, 2.45) is 5.92 Å². The standard InChI is InChI=1S/C12H14FN5O3/c13-2-5-6(3-19)8(20)1-7(5)18-4-15-9-10(18)16-12(14)17-11(9)21/h2,4,6-8,19-20H,1,3H2,(H3,14,16,17,21)/b5-2-/t6-,7-,8-/m0/s1. The number of hydrogen-bond acceptors (Lipinski definition) is 6. The summed E-state index contributed by atoms with van der Waals surface area (Å²) in [5.74, 6) is -0.755. The molecule has 0 saturated heterocycles. The summed E-state index contributed by atoms with van der Waals surface area (Å²) in [5, 5.41) is 19.2. The third-order valence-corrected chi connectivity index (χ3v) is 3.85. The molecule has 21 heavy (non-hydrogen) atoms. The molecular formula is C12H14FN5O3. The maximum absolute atomic E-state index is 13.2. The van der Waals surface area contributed by atoms with E-state index in [1.165, 1.54) is 10.9 Å². The zero-order valence-corrected chi connectivity index (χ0v) is 10.9. The van der Waals surface area contributed by atoms with Gasteiger partial charge in [-0.25, -0.2) is 9.37 Å². The zero-order valence-electron chi connectivity index (χ0n) is 10.9. The predicted octanol–water partition coefficient (Wildman–Crippen LogP) is -0.531. The lowest BCUT2D eigenvalue weighted by Gasteiger charge is -2.15. The minimum Gasteiger partial charge on any atom is -0.396 e. The first-order chi connectivity index (χ1) is 10.1. The summed E-state index contributed by atoms with van der Waals surface area (Å²) < 4.78 is 14.7. The number of halogens is 1. The van der Waals surface area contributed by atoms with Gasteiger partial charge in [-0.05, 0) is 12.0 Å². The summed E-state index contributed by atoms with van der Waals surface area (Å²) in [4.78, 5) is 22.0. The van der Waals surface area contributed by atoms with E-state index < -0.39 is 23.6 Å². The van der Waals surface area contributed by atoms with Crippen LogP contribution in [-0.4, -0.2) is 42.4 Å². The molecule has 0 bridgehead atoms. The fraction of sp³-hybridized carbons (Fsp3) is 0.417. The van der Waals surface area contributed by atoms with Gasteiger partial charge in [-0.1, -0.05) is 0 Å². The number of nitrogens with two attached hydrogens (primary N) is 1. The lowest BCUT2D eigenvalue weighted by Crippen LogP contribution is -2.18. The number of imidazole rings is 1. The number of aliphatic hydroxyl groups is 2. The number of aromatic amines is 1. The largest absolute Gasteiger partial charge is 0.396 e.